The number of aromatic nitrogens is 1. The fraction of sp³-hybridized carbons (Fsp3) is 0.455. The van der Waals surface area contributed by atoms with Gasteiger partial charge in [-0.05, 0) is 5.18 Å². The molecule has 2 unspecified atom stereocenters. The lowest BCUT2D eigenvalue weighted by molar-refractivity contribution is 0.0152. The number of nitrogens with one attached hydrogen (secondary N) is 1. The molecule has 0 saturated carbocycles. The number of terminal acetylenes is 1. The van der Waals surface area contributed by atoms with Gasteiger partial charge in [0, 0.05) is 5.75 Å². The number of rotatable bonds is 4. The Balaban J connectivity index is 1.94. The first-order valence-corrected chi connectivity index (χ1v) is 8.64. The van der Waals surface area contributed by atoms with Crippen LogP contribution < -0.4 is 21.9 Å². The van der Waals surface area contributed by atoms with E-state index in [2.05, 4.69) is 26.8 Å². The molecule has 0 radical (unpaired) electrons. The number of ether oxygens (including phenoxy) is 1. The predicted molar refractivity (Wildman–Crippen MR) is 90.2 cm³/mol. The van der Waals surface area contributed by atoms with Crippen molar-refractivity contribution in [3.05, 3.63) is 19.5 Å². The number of fused-ring (bicyclic) bond motifs is 1. The maximum atomic E-state index is 12.4. The molecule has 2 aliphatic heterocycles. The Morgan fingerprint density at radius 2 is 2.24 bits per heavy atom. The highest BCUT2D eigenvalue weighted by Crippen LogP contribution is 2.38. The van der Waals surface area contributed by atoms with E-state index in [0.29, 0.717) is 17.1 Å². The summed E-state index contributed by atoms with van der Waals surface area (Å²) in [6.45, 7) is 0. The smallest absolute Gasteiger partial charge is 0.311 e. The van der Waals surface area contributed by atoms with Gasteiger partial charge in [-0.3, -0.25) is 14.2 Å². The van der Waals surface area contributed by atoms with Gasteiger partial charge in [0.15, 0.2) is 6.04 Å². The molecule has 2 aliphatic rings. The summed E-state index contributed by atoms with van der Waals surface area (Å²) >= 11 is 1.97. The Kier molecular flexibility index (Phi) is 4.72. The molecule has 1 aromatic rings. The number of hydrogen-bond acceptors (Lipinski definition) is 11. The van der Waals surface area contributed by atoms with E-state index < -0.39 is 34.8 Å². The van der Waals surface area contributed by atoms with Crippen molar-refractivity contribution >= 4 is 34.8 Å². The monoisotopic (exact) mass is 384 g/mol. The SMILES string of the molecule is C#CC(N=O)[C@H]1O[C@@H](n2c3c(sc2=O)C(=O)N(N)C(N=NN)N3)CS1. The summed E-state index contributed by atoms with van der Waals surface area (Å²) in [6.07, 6.45) is 3.44. The van der Waals surface area contributed by atoms with Gasteiger partial charge in [-0.2, -0.15) is 0 Å². The summed E-state index contributed by atoms with van der Waals surface area (Å²) in [5.41, 5.74) is -0.681. The quantitative estimate of drug-likeness (QED) is 0.157. The molecule has 12 nitrogen and oxygen atoms in total. The topological polar surface area (TPSA) is 170 Å². The Hall–Kier alpha value is -2.47. The van der Waals surface area contributed by atoms with Crippen LogP contribution in [0.15, 0.2) is 20.3 Å². The number of hydrogen-bond donors (Lipinski definition) is 3. The molecule has 0 aliphatic carbocycles. The zero-order valence-corrected chi connectivity index (χ0v) is 14.1. The van der Waals surface area contributed by atoms with Crippen LogP contribution in [-0.4, -0.2) is 39.0 Å². The minimum absolute atomic E-state index is 0.107. The first kappa shape index (κ1) is 17.4. The van der Waals surface area contributed by atoms with Crippen LogP contribution in [0.1, 0.15) is 15.9 Å². The highest BCUT2D eigenvalue weighted by Gasteiger charge is 2.40. The molecule has 1 fully saturated rings. The van der Waals surface area contributed by atoms with Crippen LogP contribution in [0.25, 0.3) is 0 Å². The average molecular weight is 384 g/mol. The van der Waals surface area contributed by atoms with Crippen LogP contribution >= 0.6 is 23.1 Å². The Morgan fingerprint density at radius 1 is 1.48 bits per heavy atom. The van der Waals surface area contributed by atoms with Crippen molar-refractivity contribution in [2.24, 2.45) is 27.2 Å². The highest BCUT2D eigenvalue weighted by molar-refractivity contribution is 8.00. The molecule has 1 amide bonds. The predicted octanol–water partition coefficient (Wildman–Crippen LogP) is -0.383. The van der Waals surface area contributed by atoms with E-state index >= 15 is 0 Å². The number of anilines is 1. The van der Waals surface area contributed by atoms with Crippen LogP contribution in [0.2, 0.25) is 0 Å². The lowest BCUT2D eigenvalue weighted by Gasteiger charge is -2.30. The summed E-state index contributed by atoms with van der Waals surface area (Å²) < 4.78 is 6.93. The molecule has 0 aromatic carbocycles. The number of nitrogens with zero attached hydrogens (tertiary/aromatic N) is 5. The molecule has 1 aromatic heterocycles. The molecular weight excluding hydrogens is 372 g/mol. The number of thiazole rings is 1. The van der Waals surface area contributed by atoms with Crippen molar-refractivity contribution in [3.63, 3.8) is 0 Å². The third-order valence-electron chi connectivity index (χ3n) is 3.50. The van der Waals surface area contributed by atoms with Crippen molar-refractivity contribution in [1.82, 2.24) is 9.58 Å². The molecule has 4 atom stereocenters. The first-order valence-electron chi connectivity index (χ1n) is 6.77. The van der Waals surface area contributed by atoms with E-state index in [9.17, 15) is 14.5 Å². The van der Waals surface area contributed by atoms with Gasteiger partial charge in [0.05, 0.1) is 0 Å². The van der Waals surface area contributed by atoms with Gasteiger partial charge in [-0.25, -0.2) is 10.9 Å². The van der Waals surface area contributed by atoms with Crippen molar-refractivity contribution in [1.29, 1.82) is 0 Å². The van der Waals surface area contributed by atoms with Gasteiger partial charge in [-0.1, -0.05) is 22.5 Å². The molecule has 3 rings (SSSR count). The minimum atomic E-state index is -1.06. The lowest BCUT2D eigenvalue weighted by atomic mass is 10.3. The number of nitroso groups, excluding NO2 is 1. The number of nitrogens with two attached hydrogens (primary N) is 2. The van der Waals surface area contributed by atoms with Gasteiger partial charge in [0.25, 0.3) is 5.91 Å². The van der Waals surface area contributed by atoms with Gasteiger partial charge < -0.3 is 15.9 Å². The summed E-state index contributed by atoms with van der Waals surface area (Å²) in [6, 6.07) is -0.979. The third kappa shape index (κ3) is 2.87. The van der Waals surface area contributed by atoms with E-state index in [1.165, 1.54) is 16.3 Å². The summed E-state index contributed by atoms with van der Waals surface area (Å²) in [5, 5.41) is 13.1. The zero-order valence-electron chi connectivity index (χ0n) is 12.4. The summed E-state index contributed by atoms with van der Waals surface area (Å²) in [4.78, 5) is 35.1. The number of carbonyl (C=O) groups excluding carboxylic acids is 1. The molecule has 5 N–H and O–H groups in total. The molecule has 14 heteroatoms. The number of carbonyl (C=O) groups is 1. The Morgan fingerprint density at radius 3 is 2.88 bits per heavy atom. The van der Waals surface area contributed by atoms with Gasteiger partial charge in [0.1, 0.15) is 22.4 Å². The van der Waals surface area contributed by atoms with E-state index in [-0.39, 0.29) is 10.7 Å². The van der Waals surface area contributed by atoms with Crippen LogP contribution in [-0.2, 0) is 4.74 Å². The maximum Gasteiger partial charge on any atom is 0.311 e. The standard InChI is InChI=1S/C11H12N8O4S2/c1-2-4(16-22)9-23-5(3-24-9)18-7-6(25-11(18)21)8(20)19(13)10(14-7)15-17-12/h1,4-5,9-10,14H,3,13H2,(H2,12,15)/t4?,5-,9+,10?/m1/s1. The zero-order chi connectivity index (χ0) is 18.1. The number of thioether (sulfide) groups is 1. The number of hydrazine groups is 1. The van der Waals surface area contributed by atoms with Crippen molar-refractivity contribution < 1.29 is 9.53 Å². The average Bonchev–Trinajstić information content (AvgIpc) is 3.18. The Bertz CT molecular complexity index is 829. The second-order valence-corrected chi connectivity index (χ2v) is 6.98. The van der Waals surface area contributed by atoms with E-state index in [1.54, 1.807) is 0 Å². The van der Waals surface area contributed by atoms with Crippen molar-refractivity contribution in [2.75, 3.05) is 11.1 Å². The molecular formula is C11H12N8O4S2. The van der Waals surface area contributed by atoms with Crippen LogP contribution in [0.4, 0.5) is 5.82 Å². The summed E-state index contributed by atoms with van der Waals surface area (Å²) in [5.74, 6) is 12.8. The van der Waals surface area contributed by atoms with E-state index in [4.69, 9.17) is 22.8 Å². The van der Waals surface area contributed by atoms with Gasteiger partial charge in [-0.15, -0.1) is 28.2 Å². The molecule has 3 heterocycles. The minimum Gasteiger partial charge on any atom is -0.340 e. The molecule has 132 valence electrons. The number of amides is 1. The van der Waals surface area contributed by atoms with E-state index in [0.717, 1.165) is 5.01 Å². The fourth-order valence-corrected chi connectivity index (χ4v) is 4.39. The van der Waals surface area contributed by atoms with Gasteiger partial charge in [0.2, 0.25) is 6.29 Å². The van der Waals surface area contributed by atoms with Gasteiger partial charge >= 0.3 is 4.87 Å². The van der Waals surface area contributed by atoms with Crippen LogP contribution in [0.3, 0.4) is 0 Å². The molecule has 0 spiro atoms. The fourth-order valence-electron chi connectivity index (χ4n) is 2.37. The summed E-state index contributed by atoms with van der Waals surface area (Å²) in [7, 11) is 0. The largest absolute Gasteiger partial charge is 0.340 e. The first-order chi connectivity index (χ1) is 12.0. The maximum absolute atomic E-state index is 12.4. The Labute approximate surface area is 148 Å². The van der Waals surface area contributed by atoms with Crippen LogP contribution in [0.5, 0.6) is 0 Å². The van der Waals surface area contributed by atoms with Crippen molar-refractivity contribution in [2.45, 2.75) is 24.0 Å². The molecule has 1 saturated heterocycles. The van der Waals surface area contributed by atoms with Crippen molar-refractivity contribution in [3.8, 4) is 12.3 Å². The van der Waals surface area contributed by atoms with Crippen LogP contribution in [0, 0.1) is 17.3 Å². The second kappa shape index (κ2) is 6.80. The lowest BCUT2D eigenvalue weighted by Crippen LogP contribution is -2.52. The third-order valence-corrected chi connectivity index (χ3v) is 5.62. The van der Waals surface area contributed by atoms with E-state index in [1.807, 2.05) is 0 Å². The normalized spacial score (nSPS) is 27.0. The molecule has 0 bridgehead atoms. The highest BCUT2D eigenvalue weighted by atomic mass is 32.2. The molecule has 25 heavy (non-hydrogen) atoms. The second-order valence-electron chi connectivity index (χ2n) is 4.89.